The van der Waals surface area contributed by atoms with Crippen molar-refractivity contribution in [2.24, 2.45) is 7.05 Å². The summed E-state index contributed by atoms with van der Waals surface area (Å²) in [6.45, 7) is 8.10. The number of aryl methyl sites for hydroxylation is 3. The van der Waals surface area contributed by atoms with E-state index in [-0.39, 0.29) is 11.9 Å². The predicted octanol–water partition coefficient (Wildman–Crippen LogP) is 3.55. The molecule has 0 saturated carbocycles. The summed E-state index contributed by atoms with van der Waals surface area (Å²) >= 11 is 0. The molecule has 0 unspecified atom stereocenters. The smallest absolute Gasteiger partial charge is 0.272 e. The summed E-state index contributed by atoms with van der Waals surface area (Å²) in [6, 6.07) is 9.70. The Kier molecular flexibility index (Phi) is 4.66. The van der Waals surface area contributed by atoms with Gasteiger partial charge >= 0.3 is 0 Å². The highest BCUT2D eigenvalue weighted by Gasteiger charge is 2.18. The lowest BCUT2D eigenvalue weighted by Gasteiger charge is -2.16. The minimum atomic E-state index is -0.225. The fourth-order valence-corrected chi connectivity index (χ4v) is 3.62. The summed E-state index contributed by atoms with van der Waals surface area (Å²) in [7, 11) is 1.90. The number of hydrogen-bond acceptors (Lipinski definition) is 4. The molecular weight excluding hydrogens is 364 g/mol. The van der Waals surface area contributed by atoms with Gasteiger partial charge in [-0.2, -0.15) is 10.2 Å². The topological polar surface area (TPSA) is 77.1 Å². The van der Waals surface area contributed by atoms with E-state index < -0.39 is 0 Å². The Balaban J connectivity index is 1.65. The van der Waals surface area contributed by atoms with Crippen LogP contribution in [0.1, 0.15) is 45.8 Å². The van der Waals surface area contributed by atoms with Gasteiger partial charge in [0.15, 0.2) is 11.3 Å². The second-order valence-corrected chi connectivity index (χ2v) is 7.45. The van der Waals surface area contributed by atoms with Gasteiger partial charge in [-0.3, -0.25) is 9.48 Å². The van der Waals surface area contributed by atoms with Crippen LogP contribution in [0.25, 0.3) is 16.9 Å². The largest absolute Gasteiger partial charge is 0.344 e. The molecule has 7 nitrogen and oxygen atoms in total. The number of amides is 1. The minimum absolute atomic E-state index is 0.124. The zero-order valence-electron chi connectivity index (χ0n) is 17.3. The number of nitrogens with one attached hydrogen (secondary N) is 1. The van der Waals surface area contributed by atoms with Crippen LogP contribution < -0.4 is 5.32 Å². The molecule has 4 rings (SSSR count). The van der Waals surface area contributed by atoms with Crippen LogP contribution in [-0.4, -0.2) is 30.3 Å². The van der Waals surface area contributed by atoms with E-state index >= 15 is 0 Å². The average Bonchev–Trinajstić information content (AvgIpc) is 3.25. The summed E-state index contributed by atoms with van der Waals surface area (Å²) in [5, 5.41) is 11.9. The van der Waals surface area contributed by atoms with Crippen molar-refractivity contribution >= 4 is 11.6 Å². The third-order valence-electron chi connectivity index (χ3n) is 5.34. The first-order valence-corrected chi connectivity index (χ1v) is 9.57. The lowest BCUT2D eigenvalue weighted by Crippen LogP contribution is -2.27. The van der Waals surface area contributed by atoms with Gasteiger partial charge in [0.1, 0.15) is 0 Å². The monoisotopic (exact) mass is 388 g/mol. The molecule has 1 amide bonds. The van der Waals surface area contributed by atoms with E-state index in [2.05, 4.69) is 52.5 Å². The summed E-state index contributed by atoms with van der Waals surface area (Å²) in [6.07, 6.45) is 3.52. The summed E-state index contributed by atoms with van der Waals surface area (Å²) in [5.74, 6) is -0.225. The summed E-state index contributed by atoms with van der Waals surface area (Å²) in [5.41, 5.74) is 7.23. The standard InChI is InChI=1S/C22H24N6O/c1-13-6-7-17(14(2)10-13)15(3)25-22(29)19-11-21-23-9-8-20(28(21)26-19)18-12-24-27(5)16(18)4/h6-12,15H,1-5H3,(H,25,29)/t15-/m0/s1. The van der Waals surface area contributed by atoms with Crippen molar-refractivity contribution in [3.05, 3.63) is 70.8 Å². The van der Waals surface area contributed by atoms with Crippen LogP contribution >= 0.6 is 0 Å². The van der Waals surface area contributed by atoms with Crippen molar-refractivity contribution in [2.75, 3.05) is 0 Å². The Labute approximate surface area is 169 Å². The van der Waals surface area contributed by atoms with Gasteiger partial charge in [0.2, 0.25) is 0 Å². The van der Waals surface area contributed by atoms with E-state index in [9.17, 15) is 4.79 Å². The van der Waals surface area contributed by atoms with Gasteiger partial charge < -0.3 is 5.32 Å². The number of benzene rings is 1. The molecule has 1 atom stereocenters. The molecule has 0 aliphatic carbocycles. The highest BCUT2D eigenvalue weighted by molar-refractivity contribution is 5.93. The van der Waals surface area contributed by atoms with Crippen molar-refractivity contribution in [1.29, 1.82) is 0 Å². The van der Waals surface area contributed by atoms with Gasteiger partial charge in [0, 0.05) is 30.6 Å². The Morgan fingerprint density at radius 1 is 1.14 bits per heavy atom. The highest BCUT2D eigenvalue weighted by Crippen LogP contribution is 2.23. The number of carbonyl (C=O) groups is 1. The fraction of sp³-hybridized carbons (Fsp3) is 0.273. The van der Waals surface area contributed by atoms with Crippen LogP contribution in [0.3, 0.4) is 0 Å². The SMILES string of the molecule is Cc1ccc([C@H](C)NC(=O)c2cc3nccc(-c4cnn(C)c4C)n3n2)c(C)c1. The van der Waals surface area contributed by atoms with Crippen LogP contribution in [0.4, 0.5) is 0 Å². The number of carbonyl (C=O) groups excluding carboxylic acids is 1. The van der Waals surface area contributed by atoms with Gasteiger partial charge in [-0.25, -0.2) is 9.50 Å². The number of hydrogen-bond donors (Lipinski definition) is 1. The maximum absolute atomic E-state index is 12.9. The minimum Gasteiger partial charge on any atom is -0.344 e. The maximum atomic E-state index is 12.9. The lowest BCUT2D eigenvalue weighted by molar-refractivity contribution is 0.0934. The van der Waals surface area contributed by atoms with Gasteiger partial charge in [-0.15, -0.1) is 0 Å². The molecule has 148 valence electrons. The highest BCUT2D eigenvalue weighted by atomic mass is 16.2. The van der Waals surface area contributed by atoms with Crippen LogP contribution in [0.5, 0.6) is 0 Å². The van der Waals surface area contributed by atoms with E-state index in [1.807, 2.05) is 31.6 Å². The van der Waals surface area contributed by atoms with Crippen molar-refractivity contribution in [1.82, 2.24) is 29.7 Å². The molecule has 0 bridgehead atoms. The molecule has 3 heterocycles. The van der Waals surface area contributed by atoms with Gasteiger partial charge in [0.05, 0.1) is 17.9 Å². The molecular formula is C22H24N6O. The third kappa shape index (κ3) is 3.40. The van der Waals surface area contributed by atoms with Crippen molar-refractivity contribution in [3.63, 3.8) is 0 Å². The summed E-state index contributed by atoms with van der Waals surface area (Å²) in [4.78, 5) is 17.2. The first-order valence-electron chi connectivity index (χ1n) is 9.57. The Morgan fingerprint density at radius 2 is 1.93 bits per heavy atom. The average molecular weight is 388 g/mol. The second-order valence-electron chi connectivity index (χ2n) is 7.45. The van der Waals surface area contributed by atoms with Gasteiger partial charge in [0.25, 0.3) is 5.91 Å². The van der Waals surface area contributed by atoms with Crippen LogP contribution in [0.15, 0.2) is 42.7 Å². The fourth-order valence-electron chi connectivity index (χ4n) is 3.62. The van der Waals surface area contributed by atoms with Crippen molar-refractivity contribution < 1.29 is 4.79 Å². The van der Waals surface area contributed by atoms with Crippen LogP contribution in [-0.2, 0) is 7.05 Å². The van der Waals surface area contributed by atoms with Gasteiger partial charge in [-0.05, 0) is 44.9 Å². The first-order chi connectivity index (χ1) is 13.8. The van der Waals surface area contributed by atoms with Gasteiger partial charge in [-0.1, -0.05) is 23.8 Å². The predicted molar refractivity (Wildman–Crippen MR) is 112 cm³/mol. The quantitative estimate of drug-likeness (QED) is 0.580. The van der Waals surface area contributed by atoms with Crippen LogP contribution in [0, 0.1) is 20.8 Å². The van der Waals surface area contributed by atoms with E-state index in [0.29, 0.717) is 11.3 Å². The van der Waals surface area contributed by atoms with Crippen molar-refractivity contribution in [3.8, 4) is 11.3 Å². The summed E-state index contributed by atoms with van der Waals surface area (Å²) < 4.78 is 3.50. The first kappa shape index (κ1) is 18.9. The van der Waals surface area contributed by atoms with E-state index in [0.717, 1.165) is 28.1 Å². The molecule has 0 aliphatic rings. The third-order valence-corrected chi connectivity index (χ3v) is 5.34. The molecule has 0 fully saturated rings. The van der Waals surface area contributed by atoms with E-state index in [4.69, 9.17) is 0 Å². The number of nitrogens with zero attached hydrogens (tertiary/aromatic N) is 5. The number of fused-ring (bicyclic) bond motifs is 1. The Bertz CT molecular complexity index is 1220. The molecule has 1 N–H and O–H groups in total. The second kappa shape index (κ2) is 7.16. The Hall–Kier alpha value is -3.48. The molecule has 0 aliphatic heterocycles. The zero-order valence-corrected chi connectivity index (χ0v) is 17.3. The van der Waals surface area contributed by atoms with E-state index in [1.54, 1.807) is 23.0 Å². The molecule has 29 heavy (non-hydrogen) atoms. The number of rotatable bonds is 4. The van der Waals surface area contributed by atoms with E-state index in [1.165, 1.54) is 5.56 Å². The maximum Gasteiger partial charge on any atom is 0.272 e. The normalized spacial score (nSPS) is 12.3. The molecule has 0 saturated heterocycles. The number of aromatic nitrogens is 5. The van der Waals surface area contributed by atoms with Crippen LogP contribution in [0.2, 0.25) is 0 Å². The lowest BCUT2D eigenvalue weighted by atomic mass is 10.0. The Morgan fingerprint density at radius 3 is 2.62 bits per heavy atom. The zero-order chi connectivity index (χ0) is 20.7. The molecule has 4 aromatic rings. The molecule has 0 spiro atoms. The molecule has 0 radical (unpaired) electrons. The van der Waals surface area contributed by atoms with Crippen molar-refractivity contribution in [2.45, 2.75) is 33.7 Å². The molecule has 3 aromatic heterocycles. The molecule has 1 aromatic carbocycles. The molecule has 7 heteroatoms.